The molecule has 1 saturated heterocycles. The highest BCUT2D eigenvalue weighted by atomic mass is 19.4. The Hall–Kier alpha value is -4.48. The number of amides is 2. The van der Waals surface area contributed by atoms with E-state index in [9.17, 15) is 22.8 Å². The summed E-state index contributed by atoms with van der Waals surface area (Å²) in [4.78, 5) is 39.3. The topological polar surface area (TPSA) is 88.6 Å². The molecule has 2 amide bonds. The monoisotopic (exact) mass is 633 g/mol. The number of halogens is 3. The molecule has 1 aliphatic heterocycles. The smallest absolute Gasteiger partial charge is 0.339 e. The Balaban J connectivity index is 1.19. The van der Waals surface area contributed by atoms with Crippen LogP contribution in [-0.2, 0) is 30.4 Å². The minimum absolute atomic E-state index is 0.0382. The molecule has 6 rings (SSSR count). The van der Waals surface area contributed by atoms with E-state index in [4.69, 9.17) is 0 Å². The zero-order valence-corrected chi connectivity index (χ0v) is 26.0. The van der Waals surface area contributed by atoms with Gasteiger partial charge >= 0.3 is 6.18 Å². The molecule has 4 aromatic rings. The van der Waals surface area contributed by atoms with Crippen molar-refractivity contribution in [2.75, 3.05) is 26.2 Å². The zero-order chi connectivity index (χ0) is 32.4. The number of aromatic nitrogens is 5. The Labute approximate surface area is 265 Å². The molecule has 12 heteroatoms. The van der Waals surface area contributed by atoms with Crippen molar-refractivity contribution in [3.8, 4) is 11.3 Å². The van der Waals surface area contributed by atoms with Crippen LogP contribution in [0.15, 0.2) is 55.6 Å². The second kappa shape index (κ2) is 13.1. The van der Waals surface area contributed by atoms with Gasteiger partial charge in [0.05, 0.1) is 29.7 Å². The third kappa shape index (κ3) is 6.29. The molecule has 1 saturated carbocycles. The number of piperazine rings is 1. The quantitative estimate of drug-likeness (QED) is 0.229. The molecule has 0 N–H and O–H groups in total. The van der Waals surface area contributed by atoms with Gasteiger partial charge in [-0.2, -0.15) is 18.3 Å². The maximum absolute atomic E-state index is 13.9. The molecular formula is C34H38F3N7O2. The van der Waals surface area contributed by atoms with Crippen LogP contribution >= 0.6 is 0 Å². The lowest BCUT2D eigenvalue weighted by atomic mass is 9.88. The first-order valence-corrected chi connectivity index (χ1v) is 15.9. The van der Waals surface area contributed by atoms with Crippen molar-refractivity contribution in [1.29, 1.82) is 0 Å². The fourth-order valence-corrected chi connectivity index (χ4v) is 6.70. The first-order valence-electron chi connectivity index (χ1n) is 15.9. The summed E-state index contributed by atoms with van der Waals surface area (Å²) >= 11 is 0. The fourth-order valence-electron chi connectivity index (χ4n) is 6.70. The highest BCUT2D eigenvalue weighted by Crippen LogP contribution is 2.36. The zero-order valence-electron chi connectivity index (χ0n) is 26.0. The normalized spacial score (nSPS) is 16.3. The number of hydrogen-bond donors (Lipinski definition) is 0. The molecule has 3 aromatic heterocycles. The first-order chi connectivity index (χ1) is 22.2. The van der Waals surface area contributed by atoms with Crippen LogP contribution in [0.5, 0.6) is 0 Å². The molecule has 1 aliphatic carbocycles. The van der Waals surface area contributed by atoms with E-state index < -0.39 is 11.9 Å². The highest BCUT2D eigenvalue weighted by molar-refractivity contribution is 5.96. The number of alkyl halides is 3. The van der Waals surface area contributed by atoms with Gasteiger partial charge in [-0.15, -0.1) is 6.58 Å². The number of allylic oxidation sites excluding steroid dienone is 1. The summed E-state index contributed by atoms with van der Waals surface area (Å²) in [6.07, 6.45) is 9.15. The summed E-state index contributed by atoms with van der Waals surface area (Å²) in [6.45, 7) is 7.88. The molecule has 0 bridgehead atoms. The van der Waals surface area contributed by atoms with E-state index in [-0.39, 0.29) is 35.5 Å². The number of hydrogen-bond acceptors (Lipinski definition) is 5. The van der Waals surface area contributed by atoms with Gasteiger partial charge in [0.25, 0.3) is 5.91 Å². The van der Waals surface area contributed by atoms with Gasteiger partial charge < -0.3 is 9.80 Å². The van der Waals surface area contributed by atoms with Crippen LogP contribution in [0.4, 0.5) is 13.2 Å². The average Bonchev–Trinajstić information content (AvgIpc) is 3.70. The lowest BCUT2D eigenvalue weighted by Crippen LogP contribution is -2.52. The van der Waals surface area contributed by atoms with Crippen molar-refractivity contribution in [3.63, 3.8) is 0 Å². The van der Waals surface area contributed by atoms with Gasteiger partial charge in [0, 0.05) is 62.7 Å². The van der Waals surface area contributed by atoms with E-state index in [2.05, 4.69) is 21.6 Å². The molecule has 4 heterocycles. The summed E-state index contributed by atoms with van der Waals surface area (Å²) < 4.78 is 44.4. The molecule has 242 valence electrons. The van der Waals surface area contributed by atoms with E-state index >= 15 is 0 Å². The molecule has 1 aromatic carbocycles. The van der Waals surface area contributed by atoms with E-state index in [1.807, 2.05) is 34.9 Å². The van der Waals surface area contributed by atoms with Crippen LogP contribution in [-0.4, -0.2) is 71.9 Å². The van der Waals surface area contributed by atoms with Gasteiger partial charge in [0.1, 0.15) is 0 Å². The number of fused-ring (bicyclic) bond motifs is 1. The molecule has 46 heavy (non-hydrogen) atoms. The third-order valence-corrected chi connectivity index (χ3v) is 9.11. The largest absolute Gasteiger partial charge is 0.435 e. The second-order valence-electron chi connectivity index (χ2n) is 12.1. The summed E-state index contributed by atoms with van der Waals surface area (Å²) in [5, 5.41) is 3.75. The van der Waals surface area contributed by atoms with Crippen LogP contribution in [0.2, 0.25) is 0 Å². The summed E-state index contributed by atoms with van der Waals surface area (Å²) in [6, 6.07) is 5.73. The summed E-state index contributed by atoms with van der Waals surface area (Å²) in [7, 11) is 0. The minimum Gasteiger partial charge on any atom is -0.339 e. The number of carbonyl (C=O) groups excluding carboxylic acids is 2. The predicted octanol–water partition coefficient (Wildman–Crippen LogP) is 5.82. The molecule has 2 fully saturated rings. The second-order valence-corrected chi connectivity index (χ2v) is 12.1. The predicted molar refractivity (Wildman–Crippen MR) is 167 cm³/mol. The maximum Gasteiger partial charge on any atom is 0.435 e. The van der Waals surface area contributed by atoms with Gasteiger partial charge in [-0.3, -0.25) is 23.7 Å². The van der Waals surface area contributed by atoms with Gasteiger partial charge in [-0.1, -0.05) is 44.4 Å². The van der Waals surface area contributed by atoms with E-state index in [1.54, 1.807) is 16.8 Å². The number of aryl methyl sites for hydroxylation is 1. The molecule has 0 atom stereocenters. The molecule has 0 spiro atoms. The van der Waals surface area contributed by atoms with Crippen LogP contribution in [0, 0.1) is 5.92 Å². The van der Waals surface area contributed by atoms with Crippen LogP contribution in [0.3, 0.4) is 0 Å². The van der Waals surface area contributed by atoms with Crippen LogP contribution in [0.1, 0.15) is 71.9 Å². The maximum atomic E-state index is 13.9. The molecule has 2 aliphatic rings. The average molecular weight is 634 g/mol. The Bertz CT molecular complexity index is 1750. The van der Waals surface area contributed by atoms with Crippen LogP contribution < -0.4 is 0 Å². The number of nitrogens with zero attached hydrogens (tertiary/aromatic N) is 7. The Morgan fingerprint density at radius 1 is 1.04 bits per heavy atom. The van der Waals surface area contributed by atoms with Gasteiger partial charge in [-0.25, -0.2) is 4.98 Å². The molecular weight excluding hydrogens is 595 g/mol. The first kappa shape index (κ1) is 31.5. The van der Waals surface area contributed by atoms with E-state index in [1.165, 1.54) is 29.6 Å². The van der Waals surface area contributed by atoms with Gasteiger partial charge in [-0.05, 0) is 36.5 Å². The van der Waals surface area contributed by atoms with Crippen molar-refractivity contribution in [3.05, 3.63) is 83.7 Å². The van der Waals surface area contributed by atoms with Crippen molar-refractivity contribution >= 4 is 17.5 Å². The van der Waals surface area contributed by atoms with Crippen molar-refractivity contribution in [2.45, 2.75) is 64.6 Å². The SMILES string of the molecule is C=CCn1cc(-c2cnc3c(Cc4ccc(C(=O)N5CCN(C(=O)C6CCCCC6)CC5)c(CC)c4)nccn23)c(C(F)(F)F)n1. The fraction of sp³-hybridized carbons (Fsp3) is 0.441. The lowest BCUT2D eigenvalue weighted by Gasteiger charge is -2.37. The molecule has 0 unspecified atom stereocenters. The van der Waals surface area contributed by atoms with E-state index in [0.717, 1.165) is 36.8 Å². The number of rotatable bonds is 8. The highest BCUT2D eigenvalue weighted by Gasteiger charge is 2.38. The van der Waals surface area contributed by atoms with E-state index in [0.29, 0.717) is 55.9 Å². The van der Waals surface area contributed by atoms with Crippen molar-refractivity contribution in [2.24, 2.45) is 5.92 Å². The summed E-state index contributed by atoms with van der Waals surface area (Å²) in [5.74, 6) is 0.328. The Morgan fingerprint density at radius 3 is 2.48 bits per heavy atom. The summed E-state index contributed by atoms with van der Waals surface area (Å²) in [5.41, 5.74) is 2.70. The van der Waals surface area contributed by atoms with Gasteiger partial charge in [0.2, 0.25) is 5.91 Å². The standard InChI is InChI=1S/C34H38F3N7O2/c1-3-13-43-22-27(30(40-43)34(35,36)37)29-21-39-31-28(38-12-14-44(29)31)20-23-10-11-26(24(4-2)19-23)33(46)42-17-15-41(16-18-42)32(45)25-8-6-5-7-9-25/h3,10-12,14,19,21-22,25H,1,4-9,13,15-18,20H2,2H3. The molecule has 9 nitrogen and oxygen atoms in total. The Morgan fingerprint density at radius 2 is 1.78 bits per heavy atom. The number of benzene rings is 1. The molecule has 0 radical (unpaired) electrons. The number of imidazole rings is 1. The number of carbonyl (C=O) groups is 2. The van der Waals surface area contributed by atoms with Crippen molar-refractivity contribution in [1.82, 2.24) is 33.9 Å². The van der Waals surface area contributed by atoms with Crippen LogP contribution in [0.25, 0.3) is 16.9 Å². The van der Waals surface area contributed by atoms with Crippen molar-refractivity contribution < 1.29 is 22.8 Å². The lowest BCUT2D eigenvalue weighted by molar-refractivity contribution is -0.141. The third-order valence-electron chi connectivity index (χ3n) is 9.11. The van der Waals surface area contributed by atoms with Gasteiger partial charge in [0.15, 0.2) is 11.3 Å². The Kier molecular flexibility index (Phi) is 8.97. The minimum atomic E-state index is -4.64.